The molecule has 0 fully saturated rings. The van der Waals surface area contributed by atoms with Crippen molar-refractivity contribution in [2.45, 2.75) is 77.5 Å². The summed E-state index contributed by atoms with van der Waals surface area (Å²) in [5.41, 5.74) is 4.52. The van der Waals surface area contributed by atoms with Gasteiger partial charge in [-0.15, -0.1) is 11.5 Å². The van der Waals surface area contributed by atoms with Crippen LogP contribution in [0, 0.1) is 23.3 Å². The van der Waals surface area contributed by atoms with Gasteiger partial charge in [-0.3, -0.25) is 0 Å². The van der Waals surface area contributed by atoms with Gasteiger partial charge in [-0.05, 0) is 30.3 Å². The largest absolute Gasteiger partial charge is 0.412 e. The molecule has 1 aromatic rings. The van der Waals surface area contributed by atoms with Crippen LogP contribution < -0.4 is 0 Å². The lowest BCUT2D eigenvalue weighted by Crippen LogP contribution is -2.43. The van der Waals surface area contributed by atoms with E-state index in [4.69, 9.17) is 4.43 Å². The fourth-order valence-electron chi connectivity index (χ4n) is 1.97. The van der Waals surface area contributed by atoms with Crippen LogP contribution in [0.3, 0.4) is 0 Å². The topological polar surface area (TPSA) is 9.23 Å². The van der Waals surface area contributed by atoms with E-state index in [9.17, 15) is 0 Å². The molecule has 0 aromatic heterocycles. The molecule has 0 bridgehead atoms. The van der Waals surface area contributed by atoms with E-state index in [1.54, 1.807) is 0 Å². The van der Waals surface area contributed by atoms with Crippen molar-refractivity contribution < 1.29 is 4.43 Å². The van der Waals surface area contributed by atoms with Crippen molar-refractivity contribution in [3.8, 4) is 23.3 Å². The van der Waals surface area contributed by atoms with Crippen LogP contribution in [-0.2, 0) is 4.43 Å². The van der Waals surface area contributed by atoms with Gasteiger partial charge in [0.2, 0.25) is 0 Å². The van der Waals surface area contributed by atoms with Crippen molar-refractivity contribution in [1.82, 2.24) is 0 Å². The van der Waals surface area contributed by atoms with Gasteiger partial charge in [0.05, 0.1) is 6.10 Å². The van der Waals surface area contributed by atoms with E-state index in [1.807, 2.05) is 30.3 Å². The molecule has 0 aliphatic rings. The summed E-state index contributed by atoms with van der Waals surface area (Å²) in [5.74, 6) is 9.96. The monoisotopic (exact) mass is 370 g/mol. The Bertz CT molecular complexity index is 656. The van der Waals surface area contributed by atoms with Crippen molar-refractivity contribution in [2.75, 3.05) is 0 Å². The summed E-state index contributed by atoms with van der Waals surface area (Å²) in [4.78, 5) is 0. The van der Waals surface area contributed by atoms with E-state index in [0.717, 1.165) is 18.4 Å². The summed E-state index contributed by atoms with van der Waals surface area (Å²) in [6, 6.07) is 10.1. The molecule has 0 saturated heterocycles. The first-order valence-electron chi connectivity index (χ1n) is 9.12. The zero-order valence-electron chi connectivity index (χ0n) is 17.3. The number of hydrogen-bond donors (Lipinski definition) is 0. The molecule has 0 N–H and O–H groups in total. The third kappa shape index (κ3) is 8.59. The minimum absolute atomic E-state index is 0.0981. The second-order valence-corrected chi connectivity index (χ2v) is 18.6. The van der Waals surface area contributed by atoms with Crippen LogP contribution in [0.5, 0.6) is 0 Å². The normalized spacial score (nSPS) is 13.3. The molecule has 0 aliphatic carbocycles. The number of hydrogen-bond acceptors (Lipinski definition) is 1. The first-order valence-corrected chi connectivity index (χ1v) is 15.5. The van der Waals surface area contributed by atoms with Crippen LogP contribution in [0.15, 0.2) is 30.3 Å². The van der Waals surface area contributed by atoms with E-state index in [1.165, 1.54) is 0 Å². The predicted molar refractivity (Wildman–Crippen MR) is 116 cm³/mol. The molecule has 1 atom stereocenters. The molecule has 0 heterocycles. The predicted octanol–water partition coefficient (Wildman–Crippen LogP) is 6.09. The Labute approximate surface area is 157 Å². The quantitative estimate of drug-likeness (QED) is 0.460. The molecular formula is C22H34OSi2. The maximum absolute atomic E-state index is 6.60. The van der Waals surface area contributed by atoms with Gasteiger partial charge in [0.15, 0.2) is 8.32 Å². The van der Waals surface area contributed by atoms with Gasteiger partial charge in [0, 0.05) is 18.4 Å². The highest BCUT2D eigenvalue weighted by atomic mass is 28.4. The highest BCUT2D eigenvalue weighted by molar-refractivity contribution is 6.83. The van der Waals surface area contributed by atoms with E-state index >= 15 is 0 Å². The minimum Gasteiger partial charge on any atom is -0.412 e. The molecule has 3 heteroatoms. The fourth-order valence-corrected chi connectivity index (χ4v) is 3.95. The summed E-state index contributed by atoms with van der Waals surface area (Å²) >= 11 is 0. The van der Waals surface area contributed by atoms with Gasteiger partial charge < -0.3 is 4.43 Å². The molecule has 0 saturated carbocycles. The first-order chi connectivity index (χ1) is 11.4. The highest BCUT2D eigenvalue weighted by Gasteiger charge is 2.38. The lowest BCUT2D eigenvalue weighted by atomic mass is 10.2. The van der Waals surface area contributed by atoms with Crippen LogP contribution >= 0.6 is 0 Å². The Balaban J connectivity index is 2.87. The zero-order valence-corrected chi connectivity index (χ0v) is 19.3. The molecule has 25 heavy (non-hydrogen) atoms. The van der Waals surface area contributed by atoms with Gasteiger partial charge in [-0.25, -0.2) is 0 Å². The third-order valence-corrected chi connectivity index (χ3v) is 9.86. The van der Waals surface area contributed by atoms with E-state index in [2.05, 4.69) is 76.8 Å². The third-order valence-electron chi connectivity index (χ3n) is 4.40. The van der Waals surface area contributed by atoms with E-state index < -0.39 is 16.4 Å². The molecule has 0 amide bonds. The molecule has 136 valence electrons. The second kappa shape index (κ2) is 8.90. The number of benzene rings is 1. The molecule has 0 spiro atoms. The van der Waals surface area contributed by atoms with Crippen LogP contribution in [0.2, 0.25) is 37.8 Å². The average molecular weight is 371 g/mol. The summed E-state index contributed by atoms with van der Waals surface area (Å²) in [6.07, 6.45) is 1.61. The van der Waals surface area contributed by atoms with Gasteiger partial charge in [-0.1, -0.05) is 70.5 Å². The molecule has 0 unspecified atom stereocenters. The van der Waals surface area contributed by atoms with Crippen molar-refractivity contribution in [3.05, 3.63) is 35.9 Å². The Morgan fingerprint density at radius 1 is 0.920 bits per heavy atom. The molecule has 0 radical (unpaired) electrons. The molecule has 0 aliphatic heterocycles. The Kier molecular flexibility index (Phi) is 7.75. The Morgan fingerprint density at radius 3 is 2.00 bits per heavy atom. The summed E-state index contributed by atoms with van der Waals surface area (Å²) in [5, 5.41) is 0.199. The van der Waals surface area contributed by atoms with Crippen LogP contribution in [0.4, 0.5) is 0 Å². The second-order valence-electron chi connectivity index (χ2n) is 9.13. The van der Waals surface area contributed by atoms with Crippen LogP contribution in [0.1, 0.15) is 39.2 Å². The van der Waals surface area contributed by atoms with Crippen LogP contribution in [-0.4, -0.2) is 22.5 Å². The molecular weight excluding hydrogens is 336 g/mol. The maximum atomic E-state index is 6.60. The standard InChI is InChI=1S/C22H34OSi2/c1-22(2,3)25(7,8)23-21(18-13-19-24(4,5)6)17-12-16-20-14-10-9-11-15-20/h9-11,14-15,21H,17-18H2,1-8H3/t21-/m1/s1. The highest BCUT2D eigenvalue weighted by Crippen LogP contribution is 2.37. The summed E-state index contributed by atoms with van der Waals surface area (Å²) < 4.78 is 6.60. The van der Waals surface area contributed by atoms with E-state index in [-0.39, 0.29) is 11.1 Å². The van der Waals surface area contributed by atoms with E-state index in [0.29, 0.717) is 0 Å². The smallest absolute Gasteiger partial charge is 0.192 e. The lowest BCUT2D eigenvalue weighted by molar-refractivity contribution is 0.191. The van der Waals surface area contributed by atoms with Gasteiger partial charge in [0.25, 0.3) is 0 Å². The Morgan fingerprint density at radius 2 is 1.48 bits per heavy atom. The van der Waals surface area contributed by atoms with Gasteiger partial charge in [-0.2, -0.15) is 0 Å². The molecule has 1 aromatic carbocycles. The average Bonchev–Trinajstić information content (AvgIpc) is 2.45. The molecule has 1 nitrogen and oxygen atoms in total. The maximum Gasteiger partial charge on any atom is 0.192 e. The summed E-state index contributed by atoms with van der Waals surface area (Å²) in [6.45, 7) is 18.3. The minimum atomic E-state index is -1.82. The zero-order chi connectivity index (χ0) is 19.1. The van der Waals surface area contributed by atoms with Crippen molar-refractivity contribution in [1.29, 1.82) is 0 Å². The van der Waals surface area contributed by atoms with Crippen LogP contribution in [0.25, 0.3) is 0 Å². The van der Waals surface area contributed by atoms with Crippen molar-refractivity contribution in [3.63, 3.8) is 0 Å². The lowest BCUT2D eigenvalue weighted by Gasteiger charge is -2.38. The van der Waals surface area contributed by atoms with Crippen molar-refractivity contribution >= 4 is 16.4 Å². The van der Waals surface area contributed by atoms with Gasteiger partial charge in [0.1, 0.15) is 8.07 Å². The fraction of sp³-hybridized carbons (Fsp3) is 0.545. The number of rotatable bonds is 4. The Hall–Kier alpha value is -1.27. The molecule has 1 rings (SSSR count). The van der Waals surface area contributed by atoms with Crippen molar-refractivity contribution in [2.24, 2.45) is 0 Å². The first kappa shape index (κ1) is 21.8. The SMILES string of the molecule is CC(C)(C)[Si](C)(C)O[C@H](CC#Cc1ccccc1)CC#C[Si](C)(C)C. The van der Waals surface area contributed by atoms with Gasteiger partial charge >= 0.3 is 0 Å². The summed E-state index contributed by atoms with van der Waals surface area (Å²) in [7, 11) is -3.16.